The summed E-state index contributed by atoms with van der Waals surface area (Å²) in [5.74, 6) is 1.21. The Morgan fingerprint density at radius 3 is 2.83 bits per heavy atom. The zero-order valence-corrected chi connectivity index (χ0v) is 11.4. The molecule has 0 radical (unpaired) electrons. The molecule has 1 aliphatic rings. The predicted molar refractivity (Wildman–Crippen MR) is 71.7 cm³/mol. The van der Waals surface area contributed by atoms with Crippen molar-refractivity contribution in [3.05, 3.63) is 29.8 Å². The summed E-state index contributed by atoms with van der Waals surface area (Å²) in [7, 11) is 0. The van der Waals surface area contributed by atoms with Gasteiger partial charge >= 0.3 is 0 Å². The van der Waals surface area contributed by atoms with Gasteiger partial charge in [0.1, 0.15) is 18.1 Å². The van der Waals surface area contributed by atoms with Gasteiger partial charge in [-0.3, -0.25) is 9.69 Å². The Hall–Kier alpha value is -1.35. The molecule has 98 valence electrons. The Balaban J connectivity index is 2.11. The molecule has 0 saturated carbocycles. The predicted octanol–water partition coefficient (Wildman–Crippen LogP) is 2.50. The Morgan fingerprint density at radius 2 is 2.11 bits per heavy atom. The van der Waals surface area contributed by atoms with Crippen molar-refractivity contribution < 1.29 is 9.53 Å². The molecule has 3 nitrogen and oxygen atoms in total. The van der Waals surface area contributed by atoms with Gasteiger partial charge in [-0.1, -0.05) is 32.0 Å². The van der Waals surface area contributed by atoms with Gasteiger partial charge in [0.2, 0.25) is 0 Å². The number of nitrogens with zero attached hydrogens (tertiary/aromatic N) is 1. The lowest BCUT2D eigenvalue weighted by molar-refractivity contribution is -0.125. The second-order valence-electron chi connectivity index (χ2n) is 5.61. The first-order valence-electron chi connectivity index (χ1n) is 6.43. The zero-order valence-electron chi connectivity index (χ0n) is 11.4. The summed E-state index contributed by atoms with van der Waals surface area (Å²) in [6.07, 6.45) is 0. The number of carbonyl (C=O) groups is 1. The maximum atomic E-state index is 11.6. The number of rotatable bonds is 3. The number of hydrogen-bond donors (Lipinski definition) is 0. The number of fused-ring (bicyclic) bond motifs is 1. The van der Waals surface area contributed by atoms with Crippen LogP contribution in [0.1, 0.15) is 26.3 Å². The van der Waals surface area contributed by atoms with Gasteiger partial charge in [0, 0.05) is 30.6 Å². The third-order valence-corrected chi connectivity index (χ3v) is 3.60. The summed E-state index contributed by atoms with van der Waals surface area (Å²) >= 11 is 0. The van der Waals surface area contributed by atoms with Gasteiger partial charge in [0.05, 0.1) is 0 Å². The Bertz CT molecular complexity index is 440. The van der Waals surface area contributed by atoms with Crippen molar-refractivity contribution in [3.63, 3.8) is 0 Å². The molecule has 0 spiro atoms. The van der Waals surface area contributed by atoms with E-state index < -0.39 is 0 Å². The van der Waals surface area contributed by atoms with Gasteiger partial charge in [0.25, 0.3) is 0 Å². The number of ether oxygens (including phenoxy) is 1. The molecule has 18 heavy (non-hydrogen) atoms. The SMILES string of the molecule is CC(=O)C(C)(C)CN1CCOc2ccccc2C1. The maximum Gasteiger partial charge on any atom is 0.136 e. The molecule has 0 aliphatic carbocycles. The lowest BCUT2D eigenvalue weighted by Gasteiger charge is -2.29. The van der Waals surface area contributed by atoms with Crippen LogP contribution in [0.4, 0.5) is 0 Å². The minimum Gasteiger partial charge on any atom is -0.492 e. The molecule has 1 aromatic carbocycles. The molecule has 1 heterocycles. The van der Waals surface area contributed by atoms with E-state index in [4.69, 9.17) is 4.74 Å². The highest BCUT2D eigenvalue weighted by atomic mass is 16.5. The van der Waals surface area contributed by atoms with Crippen molar-refractivity contribution >= 4 is 5.78 Å². The van der Waals surface area contributed by atoms with Gasteiger partial charge in [-0.05, 0) is 13.0 Å². The molecule has 0 bridgehead atoms. The van der Waals surface area contributed by atoms with E-state index in [9.17, 15) is 4.79 Å². The van der Waals surface area contributed by atoms with Crippen molar-refractivity contribution in [1.29, 1.82) is 0 Å². The first-order chi connectivity index (χ1) is 8.49. The fraction of sp³-hybridized carbons (Fsp3) is 0.533. The fourth-order valence-corrected chi connectivity index (χ4v) is 2.19. The second-order valence-corrected chi connectivity index (χ2v) is 5.61. The summed E-state index contributed by atoms with van der Waals surface area (Å²) in [6.45, 7) is 8.87. The normalized spacial score (nSPS) is 16.6. The first kappa shape index (κ1) is 13.1. The monoisotopic (exact) mass is 247 g/mol. The number of carbonyl (C=O) groups excluding carboxylic acids is 1. The average molecular weight is 247 g/mol. The molecule has 0 fully saturated rings. The summed E-state index contributed by atoms with van der Waals surface area (Å²) < 4.78 is 5.73. The number of para-hydroxylation sites is 1. The molecule has 0 atom stereocenters. The molecular formula is C15H21NO2. The van der Waals surface area contributed by atoms with Crippen molar-refractivity contribution in [1.82, 2.24) is 4.90 Å². The van der Waals surface area contributed by atoms with Crippen LogP contribution in [0.15, 0.2) is 24.3 Å². The third kappa shape index (κ3) is 2.91. The highest BCUT2D eigenvalue weighted by molar-refractivity contribution is 5.81. The molecule has 0 N–H and O–H groups in total. The van der Waals surface area contributed by atoms with Crippen LogP contribution in [-0.4, -0.2) is 30.4 Å². The number of ketones is 1. The van der Waals surface area contributed by atoms with E-state index in [-0.39, 0.29) is 11.2 Å². The van der Waals surface area contributed by atoms with E-state index in [0.717, 1.165) is 25.4 Å². The van der Waals surface area contributed by atoms with Crippen LogP contribution in [0.3, 0.4) is 0 Å². The number of Topliss-reactive ketones (excluding diaryl/α,β-unsaturated/α-hetero) is 1. The van der Waals surface area contributed by atoms with Gasteiger partial charge < -0.3 is 4.74 Å². The largest absolute Gasteiger partial charge is 0.492 e. The smallest absolute Gasteiger partial charge is 0.136 e. The van der Waals surface area contributed by atoms with E-state index in [2.05, 4.69) is 11.0 Å². The minimum atomic E-state index is -0.292. The van der Waals surface area contributed by atoms with Crippen LogP contribution in [0, 0.1) is 5.41 Å². The van der Waals surface area contributed by atoms with Gasteiger partial charge in [-0.15, -0.1) is 0 Å². The fourth-order valence-electron chi connectivity index (χ4n) is 2.19. The van der Waals surface area contributed by atoms with Crippen LogP contribution in [0.2, 0.25) is 0 Å². The molecular weight excluding hydrogens is 226 g/mol. The molecule has 3 heteroatoms. The quantitative estimate of drug-likeness (QED) is 0.822. The number of hydrogen-bond acceptors (Lipinski definition) is 3. The van der Waals surface area contributed by atoms with Gasteiger partial charge in [-0.2, -0.15) is 0 Å². The van der Waals surface area contributed by atoms with E-state index >= 15 is 0 Å². The molecule has 0 aromatic heterocycles. The Morgan fingerprint density at radius 1 is 1.39 bits per heavy atom. The molecule has 0 unspecified atom stereocenters. The highest BCUT2D eigenvalue weighted by Crippen LogP contribution is 2.25. The standard InChI is InChI=1S/C15H21NO2/c1-12(17)15(2,3)11-16-8-9-18-14-7-5-4-6-13(14)10-16/h4-7H,8-11H2,1-3H3. The Labute approximate surface area is 109 Å². The van der Waals surface area contributed by atoms with Gasteiger partial charge in [-0.25, -0.2) is 0 Å². The summed E-state index contributed by atoms with van der Waals surface area (Å²) in [5, 5.41) is 0. The van der Waals surface area contributed by atoms with Crippen molar-refractivity contribution in [2.75, 3.05) is 19.7 Å². The Kier molecular flexibility index (Phi) is 3.71. The minimum absolute atomic E-state index is 0.237. The summed E-state index contributed by atoms with van der Waals surface area (Å²) in [4.78, 5) is 13.9. The molecule has 1 aromatic rings. The topological polar surface area (TPSA) is 29.5 Å². The maximum absolute atomic E-state index is 11.6. The van der Waals surface area contributed by atoms with Crippen molar-refractivity contribution in [3.8, 4) is 5.75 Å². The number of benzene rings is 1. The van der Waals surface area contributed by atoms with Crippen molar-refractivity contribution in [2.45, 2.75) is 27.3 Å². The first-order valence-corrected chi connectivity index (χ1v) is 6.43. The van der Waals surface area contributed by atoms with Crippen LogP contribution in [0.5, 0.6) is 5.75 Å². The molecule has 1 aliphatic heterocycles. The lowest BCUT2D eigenvalue weighted by atomic mass is 9.88. The highest BCUT2D eigenvalue weighted by Gasteiger charge is 2.27. The summed E-state index contributed by atoms with van der Waals surface area (Å²) in [6, 6.07) is 8.12. The molecule has 2 rings (SSSR count). The summed E-state index contributed by atoms with van der Waals surface area (Å²) in [5.41, 5.74) is 0.911. The zero-order chi connectivity index (χ0) is 13.2. The molecule has 0 amide bonds. The van der Waals surface area contributed by atoms with E-state index in [1.54, 1.807) is 6.92 Å². The van der Waals surface area contributed by atoms with Crippen molar-refractivity contribution in [2.24, 2.45) is 5.41 Å². The van der Waals surface area contributed by atoms with E-state index in [0.29, 0.717) is 6.61 Å². The van der Waals surface area contributed by atoms with Gasteiger partial charge in [0.15, 0.2) is 0 Å². The lowest BCUT2D eigenvalue weighted by Crippen LogP contribution is -2.39. The van der Waals surface area contributed by atoms with Crippen LogP contribution < -0.4 is 4.74 Å². The van der Waals surface area contributed by atoms with E-state index in [1.807, 2.05) is 32.0 Å². The van der Waals surface area contributed by atoms with Crippen LogP contribution in [0.25, 0.3) is 0 Å². The average Bonchev–Trinajstić information content (AvgIpc) is 2.49. The van der Waals surface area contributed by atoms with Crippen LogP contribution >= 0.6 is 0 Å². The second kappa shape index (κ2) is 5.11. The van der Waals surface area contributed by atoms with Crippen LogP contribution in [-0.2, 0) is 11.3 Å². The van der Waals surface area contributed by atoms with E-state index in [1.165, 1.54) is 5.56 Å². The third-order valence-electron chi connectivity index (χ3n) is 3.60. The molecule has 0 saturated heterocycles.